The lowest BCUT2D eigenvalue weighted by atomic mass is 9.21. The quantitative estimate of drug-likeness (QED) is 0.356. The number of hydrazine groups is 1. The maximum atomic E-state index is 11.7. The molecule has 5 fully saturated rings. The van der Waals surface area contributed by atoms with Crippen LogP contribution in [0.15, 0.2) is 0 Å². The van der Waals surface area contributed by atoms with Crippen molar-refractivity contribution in [3.63, 3.8) is 0 Å². The summed E-state index contributed by atoms with van der Waals surface area (Å²) in [6.07, 6.45) is 3.49. The molecule has 0 spiro atoms. The molecule has 4 atom stereocenters. The molecule has 0 aromatic rings. The first-order valence-corrected chi connectivity index (χ1v) is 5.04. The van der Waals surface area contributed by atoms with Gasteiger partial charge < -0.3 is 0 Å². The number of nitrogens with two attached hydrogens (primary N) is 1. The van der Waals surface area contributed by atoms with Crippen molar-refractivity contribution < 1.29 is 4.79 Å². The van der Waals surface area contributed by atoms with Crippen molar-refractivity contribution in [2.45, 2.75) is 33.1 Å². The minimum Gasteiger partial charge on any atom is -0.294 e. The Bertz CT molecular complexity index is 316. The highest BCUT2D eigenvalue weighted by molar-refractivity contribution is 5.89. The molecule has 3 N–H and O–H groups in total. The molecular weight excluding hydrogens is 164 g/mol. The van der Waals surface area contributed by atoms with E-state index in [1.54, 1.807) is 0 Å². The van der Waals surface area contributed by atoms with Gasteiger partial charge in [0.25, 0.3) is 0 Å². The van der Waals surface area contributed by atoms with Crippen molar-refractivity contribution in [1.29, 1.82) is 0 Å². The fraction of sp³-hybridized carbons (Fsp3) is 0.900. The maximum absolute atomic E-state index is 11.7. The van der Waals surface area contributed by atoms with Crippen LogP contribution in [0.25, 0.3) is 0 Å². The molecule has 0 aromatic heterocycles. The third kappa shape index (κ3) is 0.416. The maximum Gasteiger partial charge on any atom is 0.240 e. The molecule has 1 amide bonds. The number of carbonyl (C=O) groups excluding carboxylic acids is 1. The molecule has 0 saturated heterocycles. The van der Waals surface area contributed by atoms with Gasteiger partial charge >= 0.3 is 0 Å². The van der Waals surface area contributed by atoms with E-state index in [9.17, 15) is 4.79 Å². The summed E-state index contributed by atoms with van der Waals surface area (Å²) in [6, 6.07) is 0. The van der Waals surface area contributed by atoms with Crippen LogP contribution < -0.4 is 11.3 Å². The molecular formula is C10H16N2O. The predicted molar refractivity (Wildman–Crippen MR) is 48.3 cm³/mol. The Morgan fingerprint density at radius 1 is 1.54 bits per heavy atom. The van der Waals surface area contributed by atoms with Crippen molar-refractivity contribution >= 4 is 5.91 Å². The van der Waals surface area contributed by atoms with E-state index >= 15 is 0 Å². The zero-order valence-corrected chi connectivity index (χ0v) is 8.18. The van der Waals surface area contributed by atoms with E-state index in [0.717, 1.165) is 6.42 Å². The fourth-order valence-corrected chi connectivity index (χ4v) is 4.85. The Morgan fingerprint density at radius 3 is 2.62 bits per heavy atom. The highest BCUT2D eigenvalue weighted by Crippen LogP contribution is 2.93. The Balaban J connectivity index is 2.03. The minimum absolute atomic E-state index is 0.0729. The predicted octanol–water partition coefficient (Wildman–Crippen LogP) is 0.803. The second kappa shape index (κ2) is 1.65. The molecule has 5 saturated carbocycles. The van der Waals surface area contributed by atoms with Crippen molar-refractivity contribution in [3.8, 4) is 0 Å². The van der Waals surface area contributed by atoms with Gasteiger partial charge in [-0.2, -0.15) is 0 Å². The van der Waals surface area contributed by atoms with Gasteiger partial charge in [-0.1, -0.05) is 13.8 Å². The highest BCUT2D eigenvalue weighted by atomic mass is 16.2. The number of hydrogen-bond acceptors (Lipinski definition) is 2. The van der Waals surface area contributed by atoms with Crippen LogP contribution in [0.3, 0.4) is 0 Å². The summed E-state index contributed by atoms with van der Waals surface area (Å²) in [7, 11) is 0. The lowest BCUT2D eigenvalue weighted by molar-refractivity contribution is -0.328. The number of rotatable bonds is 1. The molecule has 13 heavy (non-hydrogen) atoms. The van der Waals surface area contributed by atoms with E-state index in [1.165, 1.54) is 12.8 Å². The normalized spacial score (nSPS) is 61.0. The third-order valence-electron chi connectivity index (χ3n) is 5.72. The Labute approximate surface area is 78.0 Å². The molecule has 72 valence electrons. The summed E-state index contributed by atoms with van der Waals surface area (Å²) in [6.45, 7) is 4.59. The van der Waals surface area contributed by atoms with E-state index in [2.05, 4.69) is 19.3 Å². The van der Waals surface area contributed by atoms with E-state index < -0.39 is 0 Å². The minimum atomic E-state index is -0.0729. The second-order valence-corrected chi connectivity index (χ2v) is 5.46. The van der Waals surface area contributed by atoms with E-state index in [1.807, 2.05) is 0 Å². The monoisotopic (exact) mass is 180 g/mol. The number of nitrogens with one attached hydrogen (secondary N) is 1. The lowest BCUT2D eigenvalue weighted by Crippen LogP contribution is -2.82. The molecule has 0 aliphatic heterocycles. The summed E-state index contributed by atoms with van der Waals surface area (Å²) in [5.74, 6) is 5.95. The van der Waals surface area contributed by atoms with Crippen LogP contribution in [-0.4, -0.2) is 5.91 Å². The van der Waals surface area contributed by atoms with Crippen LogP contribution in [0.2, 0.25) is 0 Å². The Hall–Kier alpha value is -0.570. The summed E-state index contributed by atoms with van der Waals surface area (Å²) >= 11 is 0. The molecule has 3 heteroatoms. The molecule has 3 nitrogen and oxygen atoms in total. The highest BCUT2D eigenvalue weighted by Gasteiger charge is 2.91. The molecule has 4 bridgehead atoms. The molecule has 0 unspecified atom stereocenters. The van der Waals surface area contributed by atoms with Gasteiger partial charge in [0, 0.05) is 0 Å². The second-order valence-electron chi connectivity index (χ2n) is 5.46. The summed E-state index contributed by atoms with van der Waals surface area (Å²) in [5.41, 5.74) is 2.99. The van der Waals surface area contributed by atoms with Gasteiger partial charge in [0.05, 0.1) is 5.41 Å². The van der Waals surface area contributed by atoms with Crippen LogP contribution in [-0.2, 0) is 4.79 Å². The molecule has 0 radical (unpaired) electrons. The zero-order valence-electron chi connectivity index (χ0n) is 8.18. The lowest BCUT2D eigenvalue weighted by Gasteiger charge is -2.81. The zero-order chi connectivity index (χ0) is 9.48. The van der Waals surface area contributed by atoms with Crippen molar-refractivity contribution in [2.24, 2.45) is 28.0 Å². The average molecular weight is 180 g/mol. The first-order chi connectivity index (χ1) is 6.03. The summed E-state index contributed by atoms with van der Waals surface area (Å²) in [5, 5.41) is 0. The van der Waals surface area contributed by atoms with Gasteiger partial charge in [-0.15, -0.1) is 0 Å². The van der Waals surface area contributed by atoms with Gasteiger partial charge in [0.2, 0.25) is 5.91 Å². The summed E-state index contributed by atoms with van der Waals surface area (Å²) < 4.78 is 0. The van der Waals surface area contributed by atoms with Crippen molar-refractivity contribution in [1.82, 2.24) is 5.43 Å². The van der Waals surface area contributed by atoms with E-state index in [4.69, 9.17) is 5.84 Å². The number of hydrogen-bond donors (Lipinski definition) is 2. The van der Waals surface area contributed by atoms with Crippen LogP contribution in [0.1, 0.15) is 33.1 Å². The number of amides is 1. The molecule has 5 rings (SSSR count). The van der Waals surface area contributed by atoms with E-state index in [-0.39, 0.29) is 16.7 Å². The largest absolute Gasteiger partial charge is 0.294 e. The van der Waals surface area contributed by atoms with Crippen LogP contribution >= 0.6 is 0 Å². The molecule has 5 aliphatic rings. The average Bonchev–Trinajstić information content (AvgIpc) is 2.48. The molecule has 5 aliphatic carbocycles. The third-order valence-corrected chi connectivity index (χ3v) is 5.72. The first-order valence-electron chi connectivity index (χ1n) is 5.04. The Morgan fingerprint density at radius 2 is 2.23 bits per heavy atom. The van der Waals surface area contributed by atoms with Crippen LogP contribution in [0, 0.1) is 22.2 Å². The van der Waals surface area contributed by atoms with Gasteiger partial charge in [0.15, 0.2) is 0 Å². The topological polar surface area (TPSA) is 55.1 Å². The summed E-state index contributed by atoms with van der Waals surface area (Å²) in [4.78, 5) is 11.7. The SMILES string of the molecule is C[C@]12CC[C@@H]3[C@]1(C)C[C@]32C(=O)NN. The van der Waals surface area contributed by atoms with Gasteiger partial charge in [-0.05, 0) is 36.0 Å². The smallest absolute Gasteiger partial charge is 0.240 e. The molecule has 0 aromatic carbocycles. The van der Waals surface area contributed by atoms with Crippen LogP contribution in [0.4, 0.5) is 0 Å². The van der Waals surface area contributed by atoms with E-state index in [0.29, 0.717) is 11.3 Å². The number of carbonyl (C=O) groups is 1. The standard InChI is InChI=1S/C10H16N2O/c1-8-5-10(7(13)12-11)6(8)3-4-9(8,10)2/h6H,3-5,11H2,1-2H3,(H,12,13)/t6-,8+,9+,10-/m1/s1. The van der Waals surface area contributed by atoms with Crippen LogP contribution in [0.5, 0.6) is 0 Å². The van der Waals surface area contributed by atoms with Crippen molar-refractivity contribution in [3.05, 3.63) is 0 Å². The van der Waals surface area contributed by atoms with Crippen molar-refractivity contribution in [2.75, 3.05) is 0 Å². The fourth-order valence-electron chi connectivity index (χ4n) is 4.85. The Kier molecular flexibility index (Phi) is 0.991. The van der Waals surface area contributed by atoms with Gasteiger partial charge in [-0.3, -0.25) is 10.2 Å². The molecule has 0 heterocycles. The van der Waals surface area contributed by atoms with Gasteiger partial charge in [0.1, 0.15) is 0 Å². The number of fused-ring (bicyclic) bond motifs is 1. The van der Waals surface area contributed by atoms with Gasteiger partial charge in [-0.25, -0.2) is 5.84 Å². The first kappa shape index (κ1) is 7.80.